The Morgan fingerprint density at radius 3 is 2.38 bits per heavy atom. The maximum atomic E-state index is 12.3. The Labute approximate surface area is 157 Å². The van der Waals surface area contributed by atoms with Crippen LogP contribution in [-0.2, 0) is 20.9 Å². The molecular weight excluding hydrogens is 330 g/mol. The molecule has 5 heteroatoms. The fourth-order valence-electron chi connectivity index (χ4n) is 3.17. The molecule has 0 amide bonds. The Kier molecular flexibility index (Phi) is 9.96. The molecule has 0 heterocycles. The van der Waals surface area contributed by atoms with Gasteiger partial charge in [0.1, 0.15) is 19.8 Å². The Bertz CT molecular complexity index is 573. The lowest BCUT2D eigenvalue weighted by Crippen LogP contribution is -2.51. The summed E-state index contributed by atoms with van der Waals surface area (Å²) in [5.74, 6) is -0.662. The largest absolute Gasteiger partial charge is 0.461 e. The second-order valence-corrected chi connectivity index (χ2v) is 6.80. The van der Waals surface area contributed by atoms with Crippen molar-refractivity contribution in [3.8, 4) is 0 Å². The zero-order valence-electron chi connectivity index (χ0n) is 16.8. The quantitative estimate of drug-likeness (QED) is 0.416. The van der Waals surface area contributed by atoms with Gasteiger partial charge in [0.25, 0.3) is 0 Å². The molecule has 26 heavy (non-hydrogen) atoms. The zero-order chi connectivity index (χ0) is 19.4. The van der Waals surface area contributed by atoms with Crippen LogP contribution < -0.4 is 0 Å². The third-order valence-corrected chi connectivity index (χ3v) is 4.76. The van der Waals surface area contributed by atoms with E-state index >= 15 is 0 Å². The van der Waals surface area contributed by atoms with Gasteiger partial charge in [0, 0.05) is 6.92 Å². The lowest BCUT2D eigenvalue weighted by Gasteiger charge is -2.37. The highest BCUT2D eigenvalue weighted by Crippen LogP contribution is 2.12. The Hall–Kier alpha value is -1.88. The summed E-state index contributed by atoms with van der Waals surface area (Å²) >= 11 is 0. The smallest absolute Gasteiger partial charge is 0.338 e. The highest BCUT2D eigenvalue weighted by molar-refractivity contribution is 5.89. The van der Waals surface area contributed by atoms with Gasteiger partial charge in [-0.2, -0.15) is 0 Å². The summed E-state index contributed by atoms with van der Waals surface area (Å²) in [6, 6.07) is 7.05. The van der Waals surface area contributed by atoms with Gasteiger partial charge in [-0.25, -0.2) is 4.79 Å². The van der Waals surface area contributed by atoms with Crippen molar-refractivity contribution in [2.24, 2.45) is 0 Å². The fourth-order valence-corrected chi connectivity index (χ4v) is 3.17. The van der Waals surface area contributed by atoms with Gasteiger partial charge in [0.2, 0.25) is 0 Å². The van der Waals surface area contributed by atoms with Crippen LogP contribution in [-0.4, -0.2) is 49.2 Å². The number of rotatable bonds is 12. The summed E-state index contributed by atoms with van der Waals surface area (Å²) in [5, 5.41) is 0. The van der Waals surface area contributed by atoms with Gasteiger partial charge in [-0.1, -0.05) is 32.4 Å². The van der Waals surface area contributed by atoms with Crippen LogP contribution in [0.3, 0.4) is 0 Å². The molecule has 0 spiro atoms. The minimum absolute atomic E-state index is 0.166. The van der Waals surface area contributed by atoms with E-state index in [0.717, 1.165) is 42.6 Å². The molecule has 0 aliphatic carbocycles. The molecule has 0 radical (unpaired) electrons. The van der Waals surface area contributed by atoms with Crippen LogP contribution in [0.5, 0.6) is 0 Å². The van der Waals surface area contributed by atoms with Gasteiger partial charge in [0.15, 0.2) is 0 Å². The van der Waals surface area contributed by atoms with Crippen molar-refractivity contribution >= 4 is 11.9 Å². The fraction of sp³-hybridized carbons (Fsp3) is 0.619. The number of unbranched alkanes of at least 4 members (excludes halogenated alkanes) is 1. The van der Waals surface area contributed by atoms with E-state index in [1.165, 1.54) is 19.8 Å². The maximum Gasteiger partial charge on any atom is 0.338 e. The summed E-state index contributed by atoms with van der Waals surface area (Å²) in [5.41, 5.74) is 1.27. The highest BCUT2D eigenvalue weighted by Gasteiger charge is 2.24. The molecule has 5 nitrogen and oxygen atoms in total. The van der Waals surface area contributed by atoms with Crippen molar-refractivity contribution in [3.63, 3.8) is 0 Å². The van der Waals surface area contributed by atoms with E-state index < -0.39 is 0 Å². The minimum atomic E-state index is -0.338. The number of likely N-dealkylation sites (N-methyl/N-ethyl adjacent to an activating group) is 1. The molecule has 0 saturated carbocycles. The summed E-state index contributed by atoms with van der Waals surface area (Å²) in [7, 11) is 0. The molecule has 0 aliphatic heterocycles. The van der Waals surface area contributed by atoms with Crippen LogP contribution in [0.15, 0.2) is 24.3 Å². The lowest BCUT2D eigenvalue weighted by molar-refractivity contribution is -0.926. The monoisotopic (exact) mass is 364 g/mol. The molecule has 0 bridgehead atoms. The predicted molar refractivity (Wildman–Crippen MR) is 103 cm³/mol. The number of hydrogen-bond donors (Lipinski definition) is 0. The summed E-state index contributed by atoms with van der Waals surface area (Å²) in [6.45, 7) is 12.7. The predicted octanol–water partition coefficient (Wildman–Crippen LogP) is 3.95. The van der Waals surface area contributed by atoms with E-state index in [9.17, 15) is 9.59 Å². The van der Waals surface area contributed by atoms with Crippen LogP contribution in [0.1, 0.15) is 62.9 Å². The topological polar surface area (TPSA) is 52.6 Å². The number of ether oxygens (including phenoxy) is 2. The normalized spacial score (nSPS) is 13.1. The third kappa shape index (κ3) is 7.56. The number of hydrogen-bond acceptors (Lipinski definition) is 4. The van der Waals surface area contributed by atoms with E-state index in [1.807, 2.05) is 6.07 Å². The summed E-state index contributed by atoms with van der Waals surface area (Å²) in [4.78, 5) is 23.3. The van der Waals surface area contributed by atoms with Gasteiger partial charge < -0.3 is 14.0 Å². The third-order valence-electron chi connectivity index (χ3n) is 4.76. The average molecular weight is 365 g/mol. The number of esters is 2. The molecule has 0 aromatic heterocycles. The Morgan fingerprint density at radius 1 is 1.00 bits per heavy atom. The molecule has 146 valence electrons. The SMILES string of the molecule is CCCC[N+](CC)(CCC)CCOC(=O)c1cccc(COC(C)=O)c1. The van der Waals surface area contributed by atoms with Gasteiger partial charge in [-0.05, 0) is 37.5 Å². The van der Waals surface area contributed by atoms with E-state index in [1.54, 1.807) is 18.2 Å². The van der Waals surface area contributed by atoms with Crippen LogP contribution in [0.4, 0.5) is 0 Å². The van der Waals surface area contributed by atoms with E-state index in [4.69, 9.17) is 9.47 Å². The first-order valence-corrected chi connectivity index (χ1v) is 9.70. The van der Waals surface area contributed by atoms with Crippen LogP contribution in [0.25, 0.3) is 0 Å². The number of carbonyl (C=O) groups is 2. The number of carbonyl (C=O) groups excluding carboxylic acids is 2. The molecule has 0 saturated heterocycles. The first-order chi connectivity index (χ1) is 12.5. The molecule has 0 N–H and O–H groups in total. The van der Waals surface area contributed by atoms with Crippen molar-refractivity contribution < 1.29 is 23.5 Å². The highest BCUT2D eigenvalue weighted by atomic mass is 16.5. The van der Waals surface area contributed by atoms with Gasteiger partial charge in [0.05, 0.1) is 25.2 Å². The summed E-state index contributed by atoms with van der Waals surface area (Å²) in [6.07, 6.45) is 3.50. The molecular formula is C21H34NO4+. The number of quaternary nitrogens is 1. The number of nitrogens with zero attached hydrogens (tertiary/aromatic N) is 1. The molecule has 0 fully saturated rings. The summed E-state index contributed by atoms with van der Waals surface area (Å²) < 4.78 is 11.5. The maximum absolute atomic E-state index is 12.3. The molecule has 1 rings (SSSR count). The molecule has 1 aromatic rings. The Balaban J connectivity index is 2.61. The number of benzene rings is 1. The molecule has 1 atom stereocenters. The van der Waals surface area contributed by atoms with E-state index in [-0.39, 0.29) is 18.5 Å². The zero-order valence-corrected chi connectivity index (χ0v) is 16.8. The van der Waals surface area contributed by atoms with E-state index in [0.29, 0.717) is 12.2 Å². The van der Waals surface area contributed by atoms with Crippen molar-refractivity contribution in [2.45, 2.75) is 53.6 Å². The van der Waals surface area contributed by atoms with Crippen LogP contribution >= 0.6 is 0 Å². The van der Waals surface area contributed by atoms with Crippen molar-refractivity contribution in [2.75, 3.05) is 32.8 Å². The second kappa shape index (κ2) is 11.7. The Morgan fingerprint density at radius 2 is 1.77 bits per heavy atom. The van der Waals surface area contributed by atoms with Crippen molar-refractivity contribution in [1.29, 1.82) is 0 Å². The average Bonchev–Trinajstić information content (AvgIpc) is 2.64. The van der Waals surface area contributed by atoms with Gasteiger partial charge >= 0.3 is 11.9 Å². The standard InChI is InChI=1S/C21H34NO4/c1-5-8-13-22(7-3,12-6-2)14-15-25-21(24)20-11-9-10-19(16-20)17-26-18(4)23/h9-11,16H,5-8,12-15,17H2,1-4H3/q+1. The molecule has 1 aromatic carbocycles. The lowest BCUT2D eigenvalue weighted by atomic mass is 10.1. The molecule has 1 unspecified atom stereocenters. The van der Waals surface area contributed by atoms with E-state index in [2.05, 4.69) is 20.8 Å². The van der Waals surface area contributed by atoms with Crippen molar-refractivity contribution in [3.05, 3.63) is 35.4 Å². The van der Waals surface area contributed by atoms with Gasteiger partial charge in [-0.15, -0.1) is 0 Å². The van der Waals surface area contributed by atoms with Crippen molar-refractivity contribution in [1.82, 2.24) is 0 Å². The first kappa shape index (κ1) is 22.2. The molecule has 0 aliphatic rings. The van der Waals surface area contributed by atoms with Crippen LogP contribution in [0, 0.1) is 0 Å². The second-order valence-electron chi connectivity index (χ2n) is 6.80. The van der Waals surface area contributed by atoms with Gasteiger partial charge in [-0.3, -0.25) is 4.79 Å². The van der Waals surface area contributed by atoms with Crippen LogP contribution in [0.2, 0.25) is 0 Å². The first-order valence-electron chi connectivity index (χ1n) is 9.70. The minimum Gasteiger partial charge on any atom is -0.461 e.